The lowest BCUT2D eigenvalue weighted by atomic mass is 10.3. The van der Waals surface area contributed by atoms with E-state index in [-0.39, 0.29) is 5.91 Å². The van der Waals surface area contributed by atoms with Crippen molar-refractivity contribution >= 4 is 5.91 Å². The molecule has 7 heteroatoms. The van der Waals surface area contributed by atoms with Gasteiger partial charge < -0.3 is 18.6 Å². The molecule has 0 aromatic carbocycles. The maximum absolute atomic E-state index is 12.4. The highest BCUT2D eigenvalue weighted by Crippen LogP contribution is 2.17. The minimum Gasteiger partial charge on any atom is -0.459 e. The van der Waals surface area contributed by atoms with Gasteiger partial charge in [0.05, 0.1) is 31.7 Å². The fraction of sp³-hybridized carbons (Fsp3) is 0.500. The van der Waals surface area contributed by atoms with Crippen LogP contribution in [0.25, 0.3) is 0 Å². The van der Waals surface area contributed by atoms with Gasteiger partial charge in [0.2, 0.25) is 0 Å². The number of ether oxygens (including phenoxy) is 1. The molecule has 7 nitrogen and oxygen atoms in total. The van der Waals surface area contributed by atoms with Crippen LogP contribution in [0, 0.1) is 0 Å². The van der Waals surface area contributed by atoms with Crippen molar-refractivity contribution in [2.75, 3.05) is 32.8 Å². The van der Waals surface area contributed by atoms with Gasteiger partial charge >= 0.3 is 0 Å². The second kappa shape index (κ2) is 6.17. The topological polar surface area (TPSA) is 63.7 Å². The average Bonchev–Trinajstić information content (AvgIpc) is 3.23. The number of hydrogen-bond donors (Lipinski definition) is 0. The molecular formula is C16H20N4O3. The zero-order valence-electron chi connectivity index (χ0n) is 13.0. The van der Waals surface area contributed by atoms with Gasteiger partial charge in [0.15, 0.2) is 5.76 Å². The maximum atomic E-state index is 12.4. The third-order valence-corrected chi connectivity index (χ3v) is 4.36. The molecule has 23 heavy (non-hydrogen) atoms. The number of hydrogen-bond acceptors (Lipinski definition) is 5. The summed E-state index contributed by atoms with van der Waals surface area (Å²) in [5.41, 5.74) is 1.06. The Kier molecular flexibility index (Phi) is 3.88. The Hall–Kier alpha value is -2.12. The highest BCUT2D eigenvalue weighted by atomic mass is 16.5. The van der Waals surface area contributed by atoms with Gasteiger partial charge in [-0.05, 0) is 12.1 Å². The Labute approximate surface area is 134 Å². The molecule has 0 unspecified atom stereocenters. The van der Waals surface area contributed by atoms with Crippen molar-refractivity contribution in [3.05, 3.63) is 41.9 Å². The van der Waals surface area contributed by atoms with Gasteiger partial charge in [-0.25, -0.2) is 4.98 Å². The van der Waals surface area contributed by atoms with Gasteiger partial charge in [0, 0.05) is 38.9 Å². The SMILES string of the molecule is O=C(c1ccco1)N1CCn2cc(CN3CCOCC3)nc2C1. The predicted molar refractivity (Wildman–Crippen MR) is 81.8 cm³/mol. The molecule has 2 aromatic heterocycles. The van der Waals surface area contributed by atoms with Crippen LogP contribution in [0.3, 0.4) is 0 Å². The largest absolute Gasteiger partial charge is 0.459 e. The first-order chi connectivity index (χ1) is 11.3. The van der Waals surface area contributed by atoms with Crippen molar-refractivity contribution in [3.63, 3.8) is 0 Å². The number of fused-ring (bicyclic) bond motifs is 1. The van der Waals surface area contributed by atoms with Gasteiger partial charge in [-0.1, -0.05) is 0 Å². The lowest BCUT2D eigenvalue weighted by Gasteiger charge is -2.26. The van der Waals surface area contributed by atoms with Crippen LogP contribution in [0.15, 0.2) is 29.0 Å². The van der Waals surface area contributed by atoms with Crippen LogP contribution >= 0.6 is 0 Å². The van der Waals surface area contributed by atoms with E-state index < -0.39 is 0 Å². The van der Waals surface area contributed by atoms with Gasteiger partial charge in [0.25, 0.3) is 5.91 Å². The molecule has 0 N–H and O–H groups in total. The monoisotopic (exact) mass is 316 g/mol. The molecule has 4 rings (SSSR count). The number of morpholine rings is 1. The average molecular weight is 316 g/mol. The van der Waals surface area contributed by atoms with Crippen molar-refractivity contribution in [2.24, 2.45) is 0 Å². The standard InChI is InChI=1S/C16H20N4O3/c21-16(14-2-1-7-23-14)20-4-3-19-11-13(17-15(19)12-20)10-18-5-8-22-9-6-18/h1-2,7,11H,3-6,8-10,12H2. The molecule has 2 aliphatic rings. The minimum atomic E-state index is -0.0704. The molecule has 0 spiro atoms. The second-order valence-electron chi connectivity index (χ2n) is 5.93. The van der Waals surface area contributed by atoms with Crippen LogP contribution in [0.2, 0.25) is 0 Å². The molecule has 1 amide bonds. The summed E-state index contributed by atoms with van der Waals surface area (Å²) in [6, 6.07) is 3.44. The first-order valence-electron chi connectivity index (χ1n) is 7.97. The number of carbonyl (C=O) groups is 1. The van der Waals surface area contributed by atoms with Crippen LogP contribution < -0.4 is 0 Å². The van der Waals surface area contributed by atoms with Crippen molar-refractivity contribution in [2.45, 2.75) is 19.6 Å². The van der Waals surface area contributed by atoms with E-state index >= 15 is 0 Å². The quantitative estimate of drug-likeness (QED) is 0.844. The third kappa shape index (κ3) is 3.02. The molecular weight excluding hydrogens is 296 g/mol. The van der Waals surface area contributed by atoms with E-state index in [0.29, 0.717) is 18.8 Å². The zero-order chi connectivity index (χ0) is 15.6. The summed E-state index contributed by atoms with van der Waals surface area (Å²) in [7, 11) is 0. The Morgan fingerprint density at radius 1 is 1.22 bits per heavy atom. The van der Waals surface area contributed by atoms with E-state index in [9.17, 15) is 4.79 Å². The van der Waals surface area contributed by atoms with Gasteiger partial charge in [0.1, 0.15) is 5.82 Å². The molecule has 1 saturated heterocycles. The highest BCUT2D eigenvalue weighted by molar-refractivity contribution is 5.91. The lowest BCUT2D eigenvalue weighted by molar-refractivity contribution is 0.0337. The van der Waals surface area contributed by atoms with E-state index in [4.69, 9.17) is 14.1 Å². The minimum absolute atomic E-state index is 0.0704. The number of amides is 1. The molecule has 0 saturated carbocycles. The Morgan fingerprint density at radius 2 is 2.09 bits per heavy atom. The zero-order valence-corrected chi connectivity index (χ0v) is 13.0. The first kappa shape index (κ1) is 14.5. The molecule has 0 atom stereocenters. The lowest BCUT2D eigenvalue weighted by Crippen LogP contribution is -2.38. The number of nitrogens with zero attached hydrogens (tertiary/aromatic N) is 4. The van der Waals surface area contributed by atoms with Crippen LogP contribution in [-0.4, -0.2) is 58.1 Å². The number of aromatic nitrogens is 2. The number of carbonyl (C=O) groups excluding carboxylic acids is 1. The van der Waals surface area contributed by atoms with Crippen molar-refractivity contribution in [3.8, 4) is 0 Å². The normalized spacial score (nSPS) is 18.9. The van der Waals surface area contributed by atoms with Crippen molar-refractivity contribution < 1.29 is 13.9 Å². The van der Waals surface area contributed by atoms with Crippen molar-refractivity contribution in [1.82, 2.24) is 19.4 Å². The second-order valence-corrected chi connectivity index (χ2v) is 5.93. The number of furan rings is 1. The van der Waals surface area contributed by atoms with E-state index in [0.717, 1.165) is 50.9 Å². The van der Waals surface area contributed by atoms with Crippen LogP contribution in [-0.2, 0) is 24.4 Å². The first-order valence-corrected chi connectivity index (χ1v) is 7.97. The molecule has 0 bridgehead atoms. The molecule has 2 aliphatic heterocycles. The van der Waals surface area contributed by atoms with Gasteiger partial charge in [-0.2, -0.15) is 0 Å². The molecule has 0 aliphatic carbocycles. The predicted octanol–water partition coefficient (Wildman–Crippen LogP) is 0.964. The molecule has 2 aromatic rings. The maximum Gasteiger partial charge on any atom is 0.290 e. The van der Waals surface area contributed by atoms with Gasteiger partial charge in [-0.15, -0.1) is 0 Å². The highest BCUT2D eigenvalue weighted by Gasteiger charge is 2.25. The van der Waals surface area contributed by atoms with E-state index in [2.05, 4.69) is 15.7 Å². The van der Waals surface area contributed by atoms with Crippen LogP contribution in [0.5, 0.6) is 0 Å². The molecule has 0 radical (unpaired) electrons. The molecule has 4 heterocycles. The smallest absolute Gasteiger partial charge is 0.290 e. The third-order valence-electron chi connectivity index (χ3n) is 4.36. The summed E-state index contributed by atoms with van der Waals surface area (Å²) in [6.07, 6.45) is 3.64. The number of imidazole rings is 1. The summed E-state index contributed by atoms with van der Waals surface area (Å²) in [4.78, 5) is 21.2. The molecule has 1 fully saturated rings. The molecule has 122 valence electrons. The van der Waals surface area contributed by atoms with Gasteiger partial charge in [-0.3, -0.25) is 9.69 Å². The number of rotatable bonds is 3. The summed E-state index contributed by atoms with van der Waals surface area (Å²) >= 11 is 0. The van der Waals surface area contributed by atoms with E-state index in [1.54, 1.807) is 17.0 Å². The van der Waals surface area contributed by atoms with E-state index in [1.807, 2.05) is 0 Å². The Bertz CT molecular complexity index is 674. The van der Waals surface area contributed by atoms with Crippen molar-refractivity contribution in [1.29, 1.82) is 0 Å². The summed E-state index contributed by atoms with van der Waals surface area (Å²) in [6.45, 7) is 6.31. The van der Waals surface area contributed by atoms with Crippen LogP contribution in [0.1, 0.15) is 22.1 Å². The summed E-state index contributed by atoms with van der Waals surface area (Å²) in [5, 5.41) is 0. The van der Waals surface area contributed by atoms with E-state index in [1.165, 1.54) is 6.26 Å². The Morgan fingerprint density at radius 3 is 2.87 bits per heavy atom. The summed E-state index contributed by atoms with van der Waals surface area (Å²) < 4.78 is 12.7. The Balaban J connectivity index is 1.44. The fourth-order valence-corrected chi connectivity index (χ4v) is 3.11. The van der Waals surface area contributed by atoms with Crippen LogP contribution in [0.4, 0.5) is 0 Å². The fourth-order valence-electron chi connectivity index (χ4n) is 3.11. The summed E-state index contributed by atoms with van der Waals surface area (Å²) in [5.74, 6) is 1.26.